The van der Waals surface area contributed by atoms with Gasteiger partial charge in [0.05, 0.1) is 25.4 Å². The summed E-state index contributed by atoms with van der Waals surface area (Å²) in [5.41, 5.74) is 3.94. The normalized spacial score (nSPS) is 20.1. The topological polar surface area (TPSA) is 33.7 Å². The van der Waals surface area contributed by atoms with E-state index < -0.39 is 0 Å². The van der Waals surface area contributed by atoms with E-state index in [0.29, 0.717) is 0 Å². The molecule has 0 aliphatic carbocycles. The second-order valence-electron chi connectivity index (χ2n) is 7.94. The van der Waals surface area contributed by atoms with Gasteiger partial charge in [0.15, 0.2) is 0 Å². The molecule has 2 heterocycles. The molecule has 1 N–H and O–H groups in total. The van der Waals surface area contributed by atoms with E-state index in [1.807, 2.05) is 0 Å². The van der Waals surface area contributed by atoms with E-state index >= 15 is 0 Å². The first kappa shape index (κ1) is 19.6. The fourth-order valence-electron chi connectivity index (χ4n) is 4.39. The smallest absolute Gasteiger partial charge is 0.0747 e. The molecule has 2 aliphatic heterocycles. The average Bonchev–Trinajstić information content (AvgIpc) is 2.76. The molecule has 2 aliphatic rings. The lowest BCUT2D eigenvalue weighted by molar-refractivity contribution is -0.0763. The minimum atomic E-state index is -0.0670. The fourth-order valence-corrected chi connectivity index (χ4v) is 4.39. The summed E-state index contributed by atoms with van der Waals surface area (Å²) in [7, 11) is 0. The van der Waals surface area contributed by atoms with Crippen molar-refractivity contribution in [1.29, 1.82) is 0 Å². The minimum absolute atomic E-state index is 0.0670. The fraction of sp³-hybridized carbons (Fsp3) is 0.500. The highest BCUT2D eigenvalue weighted by Gasteiger charge is 2.34. The summed E-state index contributed by atoms with van der Waals surface area (Å²) in [5.74, 6) is 0. The van der Waals surface area contributed by atoms with Crippen LogP contribution in [0.1, 0.15) is 18.4 Å². The molecule has 4 rings (SSSR count). The molecule has 28 heavy (non-hydrogen) atoms. The summed E-state index contributed by atoms with van der Waals surface area (Å²) in [6, 6.07) is 19.5. The Morgan fingerprint density at radius 3 is 2.43 bits per heavy atom. The molecule has 0 saturated carbocycles. The predicted octanol–water partition coefficient (Wildman–Crippen LogP) is 3.37. The van der Waals surface area contributed by atoms with Crippen molar-refractivity contribution >= 4 is 0 Å². The molecule has 0 amide bonds. The Bertz CT molecular complexity index is 722. The van der Waals surface area contributed by atoms with Gasteiger partial charge < -0.3 is 14.8 Å². The van der Waals surface area contributed by atoms with Crippen LogP contribution in [-0.4, -0.2) is 63.0 Å². The standard InChI is InChI=1S/C24H32N2O2/c1-2-6-21(7-3-1)23-9-5-4-8-22(23)20-24(10-12-25-13-11-24)28-19-16-26-14-17-27-18-15-26/h1-9,25H,10-20H2. The third-order valence-electron chi connectivity index (χ3n) is 6.05. The van der Waals surface area contributed by atoms with Crippen LogP contribution in [0.5, 0.6) is 0 Å². The molecule has 0 unspecified atom stereocenters. The molecule has 0 spiro atoms. The maximum absolute atomic E-state index is 6.65. The Hall–Kier alpha value is -1.72. The third kappa shape index (κ3) is 5.00. The molecule has 2 fully saturated rings. The highest BCUT2D eigenvalue weighted by atomic mass is 16.5. The zero-order chi connectivity index (χ0) is 19.1. The van der Waals surface area contributed by atoms with Crippen LogP contribution in [0, 0.1) is 0 Å². The van der Waals surface area contributed by atoms with Crippen molar-refractivity contribution in [3.8, 4) is 11.1 Å². The van der Waals surface area contributed by atoms with Gasteiger partial charge in [-0.25, -0.2) is 0 Å². The first-order valence-electron chi connectivity index (χ1n) is 10.6. The van der Waals surface area contributed by atoms with Crippen LogP contribution in [0.2, 0.25) is 0 Å². The minimum Gasteiger partial charge on any atom is -0.379 e. The third-order valence-corrected chi connectivity index (χ3v) is 6.05. The van der Waals surface area contributed by atoms with E-state index in [2.05, 4.69) is 64.8 Å². The lowest BCUT2D eigenvalue weighted by Gasteiger charge is -2.39. The molecule has 4 heteroatoms. The number of nitrogens with zero attached hydrogens (tertiary/aromatic N) is 1. The number of morpholine rings is 1. The summed E-state index contributed by atoms with van der Waals surface area (Å²) < 4.78 is 12.1. The molecule has 0 radical (unpaired) electrons. The zero-order valence-corrected chi connectivity index (χ0v) is 16.7. The average molecular weight is 381 g/mol. The van der Waals surface area contributed by atoms with Gasteiger partial charge in [-0.1, -0.05) is 54.6 Å². The van der Waals surface area contributed by atoms with Crippen molar-refractivity contribution in [2.75, 3.05) is 52.5 Å². The van der Waals surface area contributed by atoms with Crippen molar-refractivity contribution in [3.05, 3.63) is 60.2 Å². The SMILES string of the molecule is c1ccc(-c2ccccc2CC2(OCCN3CCOCC3)CCNCC2)cc1. The van der Waals surface area contributed by atoms with Crippen molar-refractivity contribution in [2.24, 2.45) is 0 Å². The van der Waals surface area contributed by atoms with Gasteiger partial charge in [-0.2, -0.15) is 0 Å². The molecular weight excluding hydrogens is 348 g/mol. The zero-order valence-electron chi connectivity index (χ0n) is 16.7. The Morgan fingerprint density at radius 1 is 0.929 bits per heavy atom. The summed E-state index contributed by atoms with van der Waals surface area (Å²) in [6.07, 6.45) is 3.11. The van der Waals surface area contributed by atoms with Crippen molar-refractivity contribution in [2.45, 2.75) is 24.9 Å². The molecule has 0 aromatic heterocycles. The van der Waals surface area contributed by atoms with E-state index in [-0.39, 0.29) is 5.60 Å². The predicted molar refractivity (Wildman–Crippen MR) is 114 cm³/mol. The monoisotopic (exact) mass is 380 g/mol. The van der Waals surface area contributed by atoms with E-state index in [9.17, 15) is 0 Å². The summed E-state index contributed by atoms with van der Waals surface area (Å²) in [5, 5.41) is 3.50. The number of nitrogens with one attached hydrogen (secondary N) is 1. The van der Waals surface area contributed by atoms with Gasteiger partial charge in [0.1, 0.15) is 0 Å². The number of rotatable bonds is 7. The van der Waals surface area contributed by atoms with Gasteiger partial charge in [0, 0.05) is 26.1 Å². The largest absolute Gasteiger partial charge is 0.379 e. The summed E-state index contributed by atoms with van der Waals surface area (Å²) >= 11 is 0. The number of hydrogen-bond donors (Lipinski definition) is 1. The van der Waals surface area contributed by atoms with Crippen LogP contribution < -0.4 is 5.32 Å². The highest BCUT2D eigenvalue weighted by Crippen LogP contribution is 2.32. The highest BCUT2D eigenvalue weighted by molar-refractivity contribution is 5.67. The van der Waals surface area contributed by atoms with E-state index in [1.54, 1.807) is 0 Å². The lowest BCUT2D eigenvalue weighted by Crippen LogP contribution is -2.47. The number of piperidine rings is 1. The number of hydrogen-bond acceptors (Lipinski definition) is 4. The maximum Gasteiger partial charge on any atom is 0.0747 e. The molecule has 2 saturated heterocycles. The van der Waals surface area contributed by atoms with Crippen LogP contribution in [0.15, 0.2) is 54.6 Å². The number of benzene rings is 2. The van der Waals surface area contributed by atoms with Gasteiger partial charge in [0.2, 0.25) is 0 Å². The Labute approximate surface area is 168 Å². The van der Waals surface area contributed by atoms with E-state index in [1.165, 1.54) is 16.7 Å². The molecule has 150 valence electrons. The molecule has 4 nitrogen and oxygen atoms in total. The quantitative estimate of drug-likeness (QED) is 0.799. The second kappa shape index (κ2) is 9.66. The molecule has 0 bridgehead atoms. The van der Waals surface area contributed by atoms with Gasteiger partial charge in [0.25, 0.3) is 0 Å². The van der Waals surface area contributed by atoms with Crippen molar-refractivity contribution < 1.29 is 9.47 Å². The molecule has 2 aromatic carbocycles. The first-order chi connectivity index (χ1) is 13.8. The number of ether oxygens (including phenoxy) is 2. The summed E-state index contributed by atoms with van der Waals surface area (Å²) in [4.78, 5) is 2.45. The van der Waals surface area contributed by atoms with Crippen LogP contribution in [0.25, 0.3) is 11.1 Å². The second-order valence-corrected chi connectivity index (χ2v) is 7.94. The van der Waals surface area contributed by atoms with Crippen LogP contribution in [0.3, 0.4) is 0 Å². The van der Waals surface area contributed by atoms with Gasteiger partial charge in [-0.15, -0.1) is 0 Å². The maximum atomic E-state index is 6.65. The van der Waals surface area contributed by atoms with Gasteiger partial charge in [-0.3, -0.25) is 4.90 Å². The van der Waals surface area contributed by atoms with E-state index in [0.717, 1.165) is 71.8 Å². The molecular formula is C24H32N2O2. The Morgan fingerprint density at radius 2 is 1.64 bits per heavy atom. The van der Waals surface area contributed by atoms with Crippen LogP contribution >= 0.6 is 0 Å². The molecule has 2 aromatic rings. The van der Waals surface area contributed by atoms with Gasteiger partial charge >= 0.3 is 0 Å². The van der Waals surface area contributed by atoms with E-state index in [4.69, 9.17) is 9.47 Å². The molecule has 0 atom stereocenters. The van der Waals surface area contributed by atoms with Crippen molar-refractivity contribution in [1.82, 2.24) is 10.2 Å². The van der Waals surface area contributed by atoms with Crippen LogP contribution in [-0.2, 0) is 15.9 Å². The van der Waals surface area contributed by atoms with Crippen LogP contribution in [0.4, 0.5) is 0 Å². The van der Waals surface area contributed by atoms with Crippen molar-refractivity contribution in [3.63, 3.8) is 0 Å². The Kier molecular flexibility index (Phi) is 6.76. The summed E-state index contributed by atoms with van der Waals surface area (Å²) in [6.45, 7) is 7.60. The Balaban J connectivity index is 1.47. The first-order valence-corrected chi connectivity index (χ1v) is 10.6. The van der Waals surface area contributed by atoms with Gasteiger partial charge in [-0.05, 0) is 42.6 Å². The lowest BCUT2D eigenvalue weighted by atomic mass is 9.83.